The van der Waals surface area contributed by atoms with Crippen molar-refractivity contribution >= 4 is 11.9 Å². The molecule has 0 N–H and O–H groups in total. The number of ether oxygens (including phenoxy) is 1. The topological polar surface area (TPSA) is 63.0 Å². The second kappa shape index (κ2) is 5.76. The van der Waals surface area contributed by atoms with Gasteiger partial charge in [0.2, 0.25) is 5.91 Å². The summed E-state index contributed by atoms with van der Waals surface area (Å²) in [6, 6.07) is 2.15. The van der Waals surface area contributed by atoms with Crippen LogP contribution in [0.5, 0.6) is 0 Å². The van der Waals surface area contributed by atoms with Crippen LogP contribution in [0.3, 0.4) is 0 Å². The maximum Gasteiger partial charge on any atom is 0.341 e. The molecule has 6 nitrogen and oxygen atoms in total. The van der Waals surface area contributed by atoms with Gasteiger partial charge >= 0.3 is 5.97 Å². The molecule has 2 heterocycles. The van der Waals surface area contributed by atoms with Gasteiger partial charge < -0.3 is 14.1 Å². The molecule has 1 aliphatic heterocycles. The Morgan fingerprint density at radius 3 is 3.00 bits per heavy atom. The highest BCUT2D eigenvalue weighted by atomic mass is 16.5. The molecule has 0 bridgehead atoms. The predicted molar refractivity (Wildman–Crippen MR) is 79.1 cm³/mol. The average Bonchev–Trinajstić information content (AvgIpc) is 3.08. The van der Waals surface area contributed by atoms with Crippen molar-refractivity contribution in [3.05, 3.63) is 23.2 Å². The van der Waals surface area contributed by atoms with E-state index in [1.165, 1.54) is 7.11 Å². The third kappa shape index (κ3) is 2.52. The van der Waals surface area contributed by atoms with Crippen molar-refractivity contribution in [3.63, 3.8) is 0 Å². The Labute approximate surface area is 130 Å². The van der Waals surface area contributed by atoms with Crippen molar-refractivity contribution in [2.45, 2.75) is 38.8 Å². The normalized spacial score (nSPS) is 23.6. The molecule has 1 aliphatic carbocycles. The number of hydrogen-bond acceptors (Lipinski definition) is 5. The molecule has 1 amide bonds. The van der Waals surface area contributed by atoms with Crippen LogP contribution < -0.4 is 0 Å². The summed E-state index contributed by atoms with van der Waals surface area (Å²) in [7, 11) is 3.30. The van der Waals surface area contributed by atoms with Crippen LogP contribution in [-0.4, -0.2) is 48.5 Å². The van der Waals surface area contributed by atoms with Gasteiger partial charge in [0.05, 0.1) is 26.2 Å². The second-order valence-electron chi connectivity index (χ2n) is 6.24. The van der Waals surface area contributed by atoms with Gasteiger partial charge in [-0.1, -0.05) is 6.42 Å². The SMILES string of the molecule is COC(=O)c1cc(CN(C)CN2C(=O)[C@@H]3CCC[C@H]32)oc1C. The summed E-state index contributed by atoms with van der Waals surface area (Å²) in [5, 5.41) is 0. The molecule has 1 saturated heterocycles. The van der Waals surface area contributed by atoms with E-state index < -0.39 is 0 Å². The van der Waals surface area contributed by atoms with Gasteiger partial charge in [0, 0.05) is 6.04 Å². The molecule has 0 unspecified atom stereocenters. The Hall–Kier alpha value is -1.82. The molecular weight excluding hydrogens is 284 g/mol. The first kappa shape index (κ1) is 15.1. The van der Waals surface area contributed by atoms with E-state index in [4.69, 9.17) is 9.15 Å². The third-order valence-electron chi connectivity index (χ3n) is 4.67. The number of hydrogen-bond donors (Lipinski definition) is 0. The minimum absolute atomic E-state index is 0.269. The van der Waals surface area contributed by atoms with Crippen molar-refractivity contribution in [2.75, 3.05) is 20.8 Å². The molecule has 1 aromatic heterocycles. The van der Waals surface area contributed by atoms with E-state index >= 15 is 0 Å². The average molecular weight is 306 g/mol. The quantitative estimate of drug-likeness (QED) is 0.613. The summed E-state index contributed by atoms with van der Waals surface area (Å²) in [6.07, 6.45) is 3.32. The largest absolute Gasteiger partial charge is 0.465 e. The van der Waals surface area contributed by atoms with Crippen molar-refractivity contribution in [3.8, 4) is 0 Å². The number of methoxy groups -OCH3 is 1. The first-order chi connectivity index (χ1) is 10.5. The van der Waals surface area contributed by atoms with Crippen LogP contribution in [-0.2, 0) is 16.1 Å². The number of aryl methyl sites for hydroxylation is 1. The van der Waals surface area contributed by atoms with Crippen LogP contribution in [0, 0.1) is 12.8 Å². The molecule has 2 aliphatic rings. The molecule has 2 atom stereocenters. The monoisotopic (exact) mass is 306 g/mol. The number of β-lactam (4-membered cyclic amide) rings is 1. The van der Waals surface area contributed by atoms with Gasteiger partial charge in [0.15, 0.2) is 0 Å². The summed E-state index contributed by atoms with van der Waals surface area (Å²) in [5.74, 6) is 1.43. The minimum Gasteiger partial charge on any atom is -0.465 e. The standard InChI is InChI=1S/C16H22N2O4/c1-10-13(16(20)21-3)7-11(22-10)8-17(2)9-18-14-6-4-5-12(14)15(18)19/h7,12,14H,4-6,8-9H2,1-3H3/t12-,14-/m1/s1. The number of rotatable bonds is 5. The lowest BCUT2D eigenvalue weighted by Gasteiger charge is -2.45. The van der Waals surface area contributed by atoms with Crippen molar-refractivity contribution in [1.29, 1.82) is 0 Å². The lowest BCUT2D eigenvalue weighted by atomic mass is 9.91. The number of furan rings is 1. The Bertz CT molecular complexity index is 595. The van der Waals surface area contributed by atoms with Crippen LogP contribution >= 0.6 is 0 Å². The third-order valence-corrected chi connectivity index (χ3v) is 4.67. The van der Waals surface area contributed by atoms with Gasteiger partial charge in [-0.15, -0.1) is 0 Å². The molecule has 1 saturated carbocycles. The molecule has 3 rings (SSSR count). The lowest BCUT2D eigenvalue weighted by molar-refractivity contribution is -0.157. The van der Waals surface area contributed by atoms with E-state index in [1.54, 1.807) is 13.0 Å². The molecule has 120 valence electrons. The number of fused-ring (bicyclic) bond motifs is 1. The molecule has 6 heteroatoms. The fourth-order valence-corrected chi connectivity index (χ4v) is 3.58. The number of carbonyl (C=O) groups excluding carboxylic acids is 2. The Morgan fingerprint density at radius 2 is 2.27 bits per heavy atom. The molecule has 0 spiro atoms. The van der Waals surface area contributed by atoms with Gasteiger partial charge in [-0.2, -0.15) is 0 Å². The summed E-state index contributed by atoms with van der Waals surface area (Å²) in [6.45, 7) is 2.91. The van der Waals surface area contributed by atoms with E-state index in [-0.39, 0.29) is 17.8 Å². The minimum atomic E-state index is -0.387. The summed E-state index contributed by atoms with van der Waals surface area (Å²) in [5.41, 5.74) is 0.460. The highest BCUT2D eigenvalue weighted by Gasteiger charge is 2.49. The molecule has 2 fully saturated rings. The molecule has 22 heavy (non-hydrogen) atoms. The van der Waals surface area contributed by atoms with Crippen molar-refractivity contribution in [1.82, 2.24) is 9.80 Å². The van der Waals surface area contributed by atoms with Crippen LogP contribution in [0.25, 0.3) is 0 Å². The van der Waals surface area contributed by atoms with Gasteiger partial charge in [0.25, 0.3) is 0 Å². The van der Waals surface area contributed by atoms with Crippen molar-refractivity contribution in [2.24, 2.45) is 5.92 Å². The van der Waals surface area contributed by atoms with Gasteiger partial charge in [-0.25, -0.2) is 4.79 Å². The first-order valence-corrected chi connectivity index (χ1v) is 7.68. The summed E-state index contributed by atoms with van der Waals surface area (Å²) in [4.78, 5) is 27.6. The zero-order chi connectivity index (χ0) is 15.9. The fourth-order valence-electron chi connectivity index (χ4n) is 3.58. The smallest absolute Gasteiger partial charge is 0.341 e. The first-order valence-electron chi connectivity index (χ1n) is 7.68. The molecule has 1 aromatic rings. The van der Waals surface area contributed by atoms with Crippen molar-refractivity contribution < 1.29 is 18.7 Å². The van der Waals surface area contributed by atoms with E-state index in [0.717, 1.165) is 19.3 Å². The maximum absolute atomic E-state index is 12.0. The van der Waals surface area contributed by atoms with Gasteiger partial charge in [-0.3, -0.25) is 9.69 Å². The summed E-state index contributed by atoms with van der Waals surface area (Å²) >= 11 is 0. The second-order valence-corrected chi connectivity index (χ2v) is 6.24. The van der Waals surface area contributed by atoms with Crippen LogP contribution in [0.1, 0.15) is 41.1 Å². The Kier molecular flexibility index (Phi) is 3.95. The summed E-state index contributed by atoms with van der Waals surface area (Å²) < 4.78 is 10.3. The van der Waals surface area contributed by atoms with Gasteiger partial charge in [-0.05, 0) is 32.9 Å². The maximum atomic E-state index is 12.0. The van der Waals surface area contributed by atoms with Crippen LogP contribution in [0.2, 0.25) is 0 Å². The highest BCUT2D eigenvalue weighted by molar-refractivity contribution is 5.90. The number of carbonyl (C=O) groups is 2. The zero-order valence-corrected chi connectivity index (χ0v) is 13.3. The molecule has 0 radical (unpaired) electrons. The molecular formula is C16H22N2O4. The van der Waals surface area contributed by atoms with Crippen LogP contribution in [0.4, 0.5) is 0 Å². The van der Waals surface area contributed by atoms with Gasteiger partial charge in [0.1, 0.15) is 17.1 Å². The zero-order valence-electron chi connectivity index (χ0n) is 13.3. The number of amides is 1. The van der Waals surface area contributed by atoms with E-state index in [9.17, 15) is 9.59 Å². The number of nitrogens with zero attached hydrogens (tertiary/aromatic N) is 2. The number of likely N-dealkylation sites (tertiary alicyclic amines) is 1. The Morgan fingerprint density at radius 1 is 1.50 bits per heavy atom. The van der Waals surface area contributed by atoms with Crippen LogP contribution in [0.15, 0.2) is 10.5 Å². The highest BCUT2D eigenvalue weighted by Crippen LogP contribution is 2.39. The van der Waals surface area contributed by atoms with E-state index in [2.05, 4.69) is 0 Å². The number of esters is 1. The fraction of sp³-hybridized carbons (Fsp3) is 0.625. The lowest BCUT2D eigenvalue weighted by Crippen LogP contribution is -2.60. The predicted octanol–water partition coefficient (Wildman–Crippen LogP) is 1.77. The molecule has 0 aromatic carbocycles. The Balaban J connectivity index is 1.59. The van der Waals surface area contributed by atoms with E-state index in [0.29, 0.717) is 36.3 Å². The van der Waals surface area contributed by atoms with E-state index in [1.807, 2.05) is 16.8 Å².